The number of nitrogens with zero attached hydrogens (tertiary/aromatic N) is 3. The SMILES string of the molecule is CCOc1ccccc1-c1nc(-c2ccc(-c3ccccc3)nc2OCC)no1. The van der Waals surface area contributed by atoms with Crippen molar-refractivity contribution in [1.29, 1.82) is 0 Å². The molecule has 0 aliphatic rings. The predicted molar refractivity (Wildman–Crippen MR) is 111 cm³/mol. The minimum absolute atomic E-state index is 0.388. The summed E-state index contributed by atoms with van der Waals surface area (Å²) in [5, 5.41) is 4.15. The van der Waals surface area contributed by atoms with E-state index in [0.717, 1.165) is 16.8 Å². The highest BCUT2D eigenvalue weighted by Gasteiger charge is 2.19. The molecule has 0 saturated carbocycles. The standard InChI is InChI=1S/C23H21N3O3/c1-3-27-20-13-9-8-12-17(20)23-25-21(26-29-23)18-14-15-19(24-22(18)28-4-2)16-10-6-5-7-11-16/h5-15H,3-4H2,1-2H3. The van der Waals surface area contributed by atoms with Gasteiger partial charge in [0.1, 0.15) is 5.75 Å². The maximum absolute atomic E-state index is 5.77. The average molecular weight is 387 g/mol. The molecule has 0 unspecified atom stereocenters. The fraction of sp³-hybridized carbons (Fsp3) is 0.174. The van der Waals surface area contributed by atoms with E-state index >= 15 is 0 Å². The average Bonchev–Trinajstić information content (AvgIpc) is 3.25. The zero-order valence-electron chi connectivity index (χ0n) is 16.3. The van der Waals surface area contributed by atoms with Gasteiger partial charge in [-0.1, -0.05) is 47.6 Å². The lowest BCUT2D eigenvalue weighted by molar-refractivity contribution is 0.328. The maximum Gasteiger partial charge on any atom is 0.262 e. The second-order valence-electron chi connectivity index (χ2n) is 6.20. The molecule has 2 aromatic carbocycles. The summed E-state index contributed by atoms with van der Waals surface area (Å²) in [4.78, 5) is 9.23. The Balaban J connectivity index is 1.72. The number of rotatable bonds is 7. The van der Waals surface area contributed by atoms with Crippen LogP contribution in [0.3, 0.4) is 0 Å². The van der Waals surface area contributed by atoms with Crippen molar-refractivity contribution in [3.63, 3.8) is 0 Å². The molecule has 2 heterocycles. The normalized spacial score (nSPS) is 10.7. The first kappa shape index (κ1) is 18.7. The molecule has 0 spiro atoms. The maximum atomic E-state index is 5.77. The number of para-hydroxylation sites is 1. The van der Waals surface area contributed by atoms with E-state index in [1.807, 2.05) is 80.6 Å². The van der Waals surface area contributed by atoms with Crippen LogP contribution in [-0.2, 0) is 0 Å². The van der Waals surface area contributed by atoms with Gasteiger partial charge in [-0.05, 0) is 38.1 Å². The third kappa shape index (κ3) is 3.96. The van der Waals surface area contributed by atoms with Crippen LogP contribution in [0.25, 0.3) is 34.1 Å². The lowest BCUT2D eigenvalue weighted by Gasteiger charge is -2.09. The van der Waals surface area contributed by atoms with Crippen LogP contribution in [-0.4, -0.2) is 28.3 Å². The number of pyridine rings is 1. The van der Waals surface area contributed by atoms with Gasteiger partial charge in [0.15, 0.2) is 0 Å². The van der Waals surface area contributed by atoms with Gasteiger partial charge in [0, 0.05) is 5.56 Å². The van der Waals surface area contributed by atoms with Gasteiger partial charge in [0.05, 0.1) is 30.0 Å². The number of benzene rings is 2. The fourth-order valence-electron chi connectivity index (χ4n) is 2.99. The molecule has 0 amide bonds. The highest BCUT2D eigenvalue weighted by molar-refractivity contribution is 5.70. The van der Waals surface area contributed by atoms with E-state index < -0.39 is 0 Å². The molecule has 2 aromatic heterocycles. The van der Waals surface area contributed by atoms with Crippen molar-refractivity contribution in [3.8, 4) is 45.7 Å². The Kier molecular flexibility index (Phi) is 5.52. The Hall–Kier alpha value is -3.67. The zero-order valence-corrected chi connectivity index (χ0v) is 16.3. The molecular weight excluding hydrogens is 366 g/mol. The third-order valence-electron chi connectivity index (χ3n) is 4.30. The van der Waals surface area contributed by atoms with Crippen molar-refractivity contribution in [3.05, 3.63) is 66.7 Å². The first-order valence-electron chi connectivity index (χ1n) is 9.55. The monoisotopic (exact) mass is 387 g/mol. The van der Waals surface area contributed by atoms with E-state index in [1.165, 1.54) is 0 Å². The van der Waals surface area contributed by atoms with Gasteiger partial charge >= 0.3 is 0 Å². The summed E-state index contributed by atoms with van der Waals surface area (Å²) in [7, 11) is 0. The van der Waals surface area contributed by atoms with Crippen LogP contribution in [0.1, 0.15) is 13.8 Å². The second-order valence-corrected chi connectivity index (χ2v) is 6.20. The minimum Gasteiger partial charge on any atom is -0.493 e. The smallest absolute Gasteiger partial charge is 0.262 e. The molecule has 0 bridgehead atoms. The van der Waals surface area contributed by atoms with Crippen LogP contribution in [0.4, 0.5) is 0 Å². The Morgan fingerprint density at radius 1 is 0.759 bits per heavy atom. The first-order valence-corrected chi connectivity index (χ1v) is 9.55. The zero-order chi connectivity index (χ0) is 20.1. The van der Waals surface area contributed by atoms with E-state index in [-0.39, 0.29) is 0 Å². The van der Waals surface area contributed by atoms with Crippen LogP contribution in [0.2, 0.25) is 0 Å². The van der Waals surface area contributed by atoms with Gasteiger partial charge in [-0.15, -0.1) is 0 Å². The molecule has 0 atom stereocenters. The summed E-state index contributed by atoms with van der Waals surface area (Å²) in [5.41, 5.74) is 3.26. The largest absolute Gasteiger partial charge is 0.493 e. The lowest BCUT2D eigenvalue weighted by atomic mass is 10.1. The molecule has 0 N–H and O–H groups in total. The van der Waals surface area contributed by atoms with E-state index in [2.05, 4.69) is 15.1 Å². The fourth-order valence-corrected chi connectivity index (χ4v) is 2.99. The van der Waals surface area contributed by atoms with Crippen LogP contribution < -0.4 is 9.47 Å². The third-order valence-corrected chi connectivity index (χ3v) is 4.30. The molecule has 4 rings (SSSR count). The Morgan fingerprint density at radius 3 is 2.31 bits per heavy atom. The molecule has 6 nitrogen and oxygen atoms in total. The molecule has 146 valence electrons. The van der Waals surface area contributed by atoms with Crippen molar-refractivity contribution in [2.45, 2.75) is 13.8 Å². The number of ether oxygens (including phenoxy) is 2. The number of hydrogen-bond acceptors (Lipinski definition) is 6. The van der Waals surface area contributed by atoms with Crippen molar-refractivity contribution in [2.24, 2.45) is 0 Å². The van der Waals surface area contributed by atoms with Crippen LogP contribution >= 0.6 is 0 Å². The summed E-state index contributed by atoms with van der Waals surface area (Å²) in [6, 6.07) is 21.4. The van der Waals surface area contributed by atoms with Crippen molar-refractivity contribution < 1.29 is 14.0 Å². The van der Waals surface area contributed by atoms with Crippen LogP contribution in [0.5, 0.6) is 11.6 Å². The van der Waals surface area contributed by atoms with E-state index in [9.17, 15) is 0 Å². The lowest BCUT2D eigenvalue weighted by Crippen LogP contribution is -1.99. The first-order chi connectivity index (χ1) is 14.3. The van der Waals surface area contributed by atoms with Gasteiger partial charge in [-0.2, -0.15) is 4.98 Å². The Bertz CT molecular complexity index is 1090. The van der Waals surface area contributed by atoms with Gasteiger partial charge < -0.3 is 14.0 Å². The van der Waals surface area contributed by atoms with E-state index in [1.54, 1.807) is 0 Å². The molecule has 29 heavy (non-hydrogen) atoms. The topological polar surface area (TPSA) is 70.3 Å². The number of hydrogen-bond donors (Lipinski definition) is 0. The van der Waals surface area contributed by atoms with Crippen molar-refractivity contribution in [1.82, 2.24) is 15.1 Å². The number of aromatic nitrogens is 3. The summed E-state index contributed by atoms with van der Waals surface area (Å²) in [5.74, 6) is 1.98. The van der Waals surface area contributed by atoms with Gasteiger partial charge in [-0.25, -0.2) is 4.98 Å². The summed E-state index contributed by atoms with van der Waals surface area (Å²) in [6.45, 7) is 4.89. The Morgan fingerprint density at radius 2 is 1.52 bits per heavy atom. The summed E-state index contributed by atoms with van der Waals surface area (Å²) >= 11 is 0. The van der Waals surface area contributed by atoms with E-state index in [0.29, 0.717) is 42.1 Å². The molecule has 0 radical (unpaired) electrons. The quantitative estimate of drug-likeness (QED) is 0.431. The molecule has 6 heteroatoms. The Labute approximate surface area is 169 Å². The summed E-state index contributed by atoms with van der Waals surface area (Å²) in [6.07, 6.45) is 0. The molecular formula is C23H21N3O3. The molecule has 0 aliphatic heterocycles. The summed E-state index contributed by atoms with van der Waals surface area (Å²) < 4.78 is 17.0. The van der Waals surface area contributed by atoms with E-state index in [4.69, 9.17) is 14.0 Å². The molecule has 0 aliphatic carbocycles. The predicted octanol–water partition coefficient (Wildman–Crippen LogP) is 5.26. The molecule has 0 fully saturated rings. The van der Waals surface area contributed by atoms with Gasteiger partial charge in [0.2, 0.25) is 11.7 Å². The second kappa shape index (κ2) is 8.56. The van der Waals surface area contributed by atoms with Gasteiger partial charge in [0.25, 0.3) is 5.89 Å². The van der Waals surface area contributed by atoms with Crippen molar-refractivity contribution in [2.75, 3.05) is 13.2 Å². The molecule has 4 aromatic rings. The van der Waals surface area contributed by atoms with Gasteiger partial charge in [-0.3, -0.25) is 0 Å². The highest BCUT2D eigenvalue weighted by Crippen LogP contribution is 2.33. The van der Waals surface area contributed by atoms with Crippen molar-refractivity contribution >= 4 is 0 Å². The minimum atomic E-state index is 0.388. The van der Waals surface area contributed by atoms with Crippen LogP contribution in [0, 0.1) is 0 Å². The molecule has 0 saturated heterocycles. The highest BCUT2D eigenvalue weighted by atomic mass is 16.5. The van der Waals surface area contributed by atoms with Crippen LogP contribution in [0.15, 0.2) is 71.3 Å².